The fourth-order valence-corrected chi connectivity index (χ4v) is 2.15. The number of aryl methyl sites for hydroxylation is 2. The molecule has 0 saturated carbocycles. The minimum absolute atomic E-state index is 0.529. The molecule has 2 aromatic rings. The Morgan fingerprint density at radius 1 is 1.44 bits per heavy atom. The van der Waals surface area contributed by atoms with Crippen LogP contribution in [0.1, 0.15) is 12.5 Å². The van der Waals surface area contributed by atoms with Crippen LogP contribution < -0.4 is 5.73 Å². The highest BCUT2D eigenvalue weighted by Crippen LogP contribution is 2.31. The van der Waals surface area contributed by atoms with Gasteiger partial charge in [-0.05, 0) is 41.4 Å². The summed E-state index contributed by atoms with van der Waals surface area (Å²) in [4.78, 5) is 4.17. The maximum atomic E-state index is 5.90. The Bertz CT molecular complexity index is 519. The van der Waals surface area contributed by atoms with Crippen molar-refractivity contribution in [3.05, 3.63) is 28.5 Å². The topological polar surface area (TPSA) is 56.7 Å². The lowest BCUT2D eigenvalue weighted by Gasteiger charge is -2.08. The summed E-state index contributed by atoms with van der Waals surface area (Å²) in [6, 6.07) is 2.02. The first-order chi connectivity index (χ1) is 7.63. The van der Waals surface area contributed by atoms with Gasteiger partial charge in [0.05, 0.1) is 16.4 Å². The SMILES string of the molecule is CCn1ncc(Br)c1-c1cc(C)cnc1N. The molecule has 0 saturated heterocycles. The summed E-state index contributed by atoms with van der Waals surface area (Å²) < 4.78 is 2.84. The molecule has 4 nitrogen and oxygen atoms in total. The summed E-state index contributed by atoms with van der Waals surface area (Å²) in [5.41, 5.74) is 8.89. The molecule has 0 aromatic carbocycles. The maximum absolute atomic E-state index is 5.90. The molecule has 2 heterocycles. The fourth-order valence-electron chi connectivity index (χ4n) is 1.64. The highest BCUT2D eigenvalue weighted by Gasteiger charge is 2.13. The smallest absolute Gasteiger partial charge is 0.132 e. The number of pyridine rings is 1. The maximum Gasteiger partial charge on any atom is 0.132 e. The first-order valence-corrected chi connectivity index (χ1v) is 5.86. The van der Waals surface area contributed by atoms with Crippen molar-refractivity contribution < 1.29 is 0 Å². The second-order valence-electron chi connectivity index (χ2n) is 3.60. The second kappa shape index (κ2) is 4.25. The van der Waals surface area contributed by atoms with Crippen LogP contribution in [0.15, 0.2) is 22.9 Å². The Morgan fingerprint density at radius 2 is 2.19 bits per heavy atom. The molecule has 0 amide bonds. The lowest BCUT2D eigenvalue weighted by molar-refractivity contribution is 0.667. The number of nitrogens with zero attached hydrogens (tertiary/aromatic N) is 3. The highest BCUT2D eigenvalue weighted by atomic mass is 79.9. The number of nitrogen functional groups attached to an aromatic ring is 1. The molecule has 0 radical (unpaired) electrons. The van der Waals surface area contributed by atoms with E-state index in [0.717, 1.165) is 27.8 Å². The molecule has 5 heteroatoms. The van der Waals surface area contributed by atoms with Gasteiger partial charge in [0.15, 0.2) is 0 Å². The molecule has 0 fully saturated rings. The molecule has 0 aliphatic heterocycles. The molecular formula is C11H13BrN4. The number of rotatable bonds is 2. The first-order valence-electron chi connectivity index (χ1n) is 5.07. The van der Waals surface area contributed by atoms with Gasteiger partial charge in [0.25, 0.3) is 0 Å². The van der Waals surface area contributed by atoms with E-state index >= 15 is 0 Å². The molecule has 0 bridgehead atoms. The molecule has 0 aliphatic carbocycles. The zero-order valence-electron chi connectivity index (χ0n) is 9.24. The third-order valence-electron chi connectivity index (χ3n) is 2.40. The number of hydrogen-bond acceptors (Lipinski definition) is 3. The van der Waals surface area contributed by atoms with E-state index in [2.05, 4.69) is 26.0 Å². The summed E-state index contributed by atoms with van der Waals surface area (Å²) in [5.74, 6) is 0.529. The Kier molecular flexibility index (Phi) is 2.96. The zero-order valence-corrected chi connectivity index (χ0v) is 10.8. The van der Waals surface area contributed by atoms with E-state index in [0.29, 0.717) is 5.82 Å². The Balaban J connectivity index is 2.66. The molecular weight excluding hydrogens is 268 g/mol. The summed E-state index contributed by atoms with van der Waals surface area (Å²) >= 11 is 3.49. The summed E-state index contributed by atoms with van der Waals surface area (Å²) in [5, 5.41) is 4.27. The van der Waals surface area contributed by atoms with Crippen LogP contribution in [0.3, 0.4) is 0 Å². The quantitative estimate of drug-likeness (QED) is 0.920. The molecule has 84 valence electrons. The van der Waals surface area contributed by atoms with Crippen LogP contribution in [0.5, 0.6) is 0 Å². The average Bonchev–Trinajstić information content (AvgIpc) is 2.63. The Hall–Kier alpha value is -1.36. The molecule has 0 aliphatic rings. The van der Waals surface area contributed by atoms with Crippen LogP contribution >= 0.6 is 15.9 Å². The van der Waals surface area contributed by atoms with E-state index in [4.69, 9.17) is 5.73 Å². The van der Waals surface area contributed by atoms with Crippen molar-refractivity contribution in [3.8, 4) is 11.3 Å². The van der Waals surface area contributed by atoms with E-state index < -0.39 is 0 Å². The molecule has 0 unspecified atom stereocenters. The summed E-state index contributed by atoms with van der Waals surface area (Å²) in [7, 11) is 0. The van der Waals surface area contributed by atoms with Gasteiger partial charge < -0.3 is 5.73 Å². The lowest BCUT2D eigenvalue weighted by Crippen LogP contribution is -2.02. The van der Waals surface area contributed by atoms with E-state index in [9.17, 15) is 0 Å². The molecule has 0 spiro atoms. The van der Waals surface area contributed by atoms with Crippen LogP contribution in [-0.2, 0) is 6.54 Å². The van der Waals surface area contributed by atoms with Gasteiger partial charge in [-0.3, -0.25) is 4.68 Å². The summed E-state index contributed by atoms with van der Waals surface area (Å²) in [6.07, 6.45) is 3.54. The van der Waals surface area contributed by atoms with Crippen molar-refractivity contribution in [2.24, 2.45) is 0 Å². The number of aromatic nitrogens is 3. The third kappa shape index (κ3) is 1.82. The van der Waals surface area contributed by atoms with Crippen LogP contribution in [0.25, 0.3) is 11.3 Å². The van der Waals surface area contributed by atoms with Gasteiger partial charge in [-0.15, -0.1) is 0 Å². The number of nitrogens with two attached hydrogens (primary N) is 1. The molecule has 2 aromatic heterocycles. The van der Waals surface area contributed by atoms with Crippen LogP contribution in [-0.4, -0.2) is 14.8 Å². The summed E-state index contributed by atoms with van der Waals surface area (Å²) in [6.45, 7) is 4.84. The van der Waals surface area contributed by atoms with E-state index in [1.807, 2.05) is 24.6 Å². The van der Waals surface area contributed by atoms with Crippen molar-refractivity contribution in [1.82, 2.24) is 14.8 Å². The van der Waals surface area contributed by atoms with Gasteiger partial charge in [0.1, 0.15) is 5.82 Å². The van der Waals surface area contributed by atoms with Crippen LogP contribution in [0, 0.1) is 6.92 Å². The minimum atomic E-state index is 0.529. The van der Waals surface area contributed by atoms with E-state index in [-0.39, 0.29) is 0 Å². The van der Waals surface area contributed by atoms with Crippen LogP contribution in [0.2, 0.25) is 0 Å². The average molecular weight is 281 g/mol. The van der Waals surface area contributed by atoms with E-state index in [1.54, 1.807) is 12.4 Å². The van der Waals surface area contributed by atoms with Crippen molar-refractivity contribution in [2.75, 3.05) is 5.73 Å². The Labute approximate surface area is 103 Å². The fraction of sp³-hybridized carbons (Fsp3) is 0.273. The van der Waals surface area contributed by atoms with Crippen molar-refractivity contribution in [2.45, 2.75) is 20.4 Å². The van der Waals surface area contributed by atoms with Crippen LogP contribution in [0.4, 0.5) is 5.82 Å². The molecule has 2 rings (SSSR count). The normalized spacial score (nSPS) is 10.7. The lowest BCUT2D eigenvalue weighted by atomic mass is 10.1. The largest absolute Gasteiger partial charge is 0.383 e. The van der Waals surface area contributed by atoms with Gasteiger partial charge in [-0.2, -0.15) is 5.10 Å². The van der Waals surface area contributed by atoms with Crippen molar-refractivity contribution in [3.63, 3.8) is 0 Å². The second-order valence-corrected chi connectivity index (χ2v) is 4.46. The number of hydrogen-bond donors (Lipinski definition) is 1. The number of halogens is 1. The monoisotopic (exact) mass is 280 g/mol. The Morgan fingerprint density at radius 3 is 2.88 bits per heavy atom. The first kappa shape index (κ1) is 11.1. The number of anilines is 1. The van der Waals surface area contributed by atoms with Crippen molar-refractivity contribution in [1.29, 1.82) is 0 Å². The van der Waals surface area contributed by atoms with Gasteiger partial charge in [0.2, 0.25) is 0 Å². The minimum Gasteiger partial charge on any atom is -0.383 e. The van der Waals surface area contributed by atoms with E-state index in [1.165, 1.54) is 0 Å². The highest BCUT2D eigenvalue weighted by molar-refractivity contribution is 9.10. The van der Waals surface area contributed by atoms with Gasteiger partial charge in [-0.25, -0.2) is 4.98 Å². The van der Waals surface area contributed by atoms with Gasteiger partial charge in [0, 0.05) is 18.3 Å². The molecule has 2 N–H and O–H groups in total. The van der Waals surface area contributed by atoms with Gasteiger partial charge in [-0.1, -0.05) is 0 Å². The third-order valence-corrected chi connectivity index (χ3v) is 2.99. The predicted octanol–water partition coefficient (Wildman–Crippen LogP) is 2.62. The van der Waals surface area contributed by atoms with Crippen molar-refractivity contribution >= 4 is 21.7 Å². The predicted molar refractivity (Wildman–Crippen MR) is 68.0 cm³/mol. The molecule has 16 heavy (non-hydrogen) atoms. The molecule has 0 atom stereocenters. The standard InChI is InChI=1S/C11H13BrN4/c1-3-16-10(9(12)6-15-16)8-4-7(2)5-14-11(8)13/h4-6H,3H2,1-2H3,(H2,13,14). The zero-order chi connectivity index (χ0) is 11.7. The van der Waals surface area contributed by atoms with Gasteiger partial charge >= 0.3 is 0 Å².